The van der Waals surface area contributed by atoms with E-state index >= 15 is 0 Å². The number of rotatable bonds is 5. The molecule has 130 valence electrons. The van der Waals surface area contributed by atoms with Crippen LogP contribution in [0.25, 0.3) is 0 Å². The molecule has 0 radical (unpaired) electrons. The highest BCUT2D eigenvalue weighted by Crippen LogP contribution is 2.25. The van der Waals surface area contributed by atoms with Gasteiger partial charge in [0, 0.05) is 25.2 Å². The molecule has 2 unspecified atom stereocenters. The SMILES string of the molecule is Cc1ccc(N2CC(C(=O)NCC(O)c3ccccc3)CC2=O)cc1. The zero-order valence-corrected chi connectivity index (χ0v) is 14.2. The van der Waals surface area contributed by atoms with Crippen molar-refractivity contribution in [3.8, 4) is 0 Å². The number of aryl methyl sites for hydroxylation is 1. The lowest BCUT2D eigenvalue weighted by Gasteiger charge is -2.17. The standard InChI is InChI=1S/C20H22N2O3/c1-14-7-9-17(10-8-14)22-13-16(11-19(22)24)20(25)21-12-18(23)15-5-3-2-4-6-15/h2-10,16,18,23H,11-13H2,1H3,(H,21,25). The highest BCUT2D eigenvalue weighted by Gasteiger charge is 2.35. The highest BCUT2D eigenvalue weighted by molar-refractivity contribution is 6.00. The lowest BCUT2D eigenvalue weighted by molar-refractivity contribution is -0.126. The first-order chi connectivity index (χ1) is 12.0. The molecule has 2 atom stereocenters. The molecular formula is C20H22N2O3. The van der Waals surface area contributed by atoms with Crippen molar-refractivity contribution < 1.29 is 14.7 Å². The van der Waals surface area contributed by atoms with Crippen molar-refractivity contribution in [3.05, 3.63) is 65.7 Å². The van der Waals surface area contributed by atoms with Crippen LogP contribution in [0.15, 0.2) is 54.6 Å². The number of hydrogen-bond donors (Lipinski definition) is 2. The molecule has 0 spiro atoms. The molecule has 2 N–H and O–H groups in total. The molecule has 25 heavy (non-hydrogen) atoms. The Labute approximate surface area is 147 Å². The van der Waals surface area contributed by atoms with Crippen molar-refractivity contribution in [1.29, 1.82) is 0 Å². The lowest BCUT2D eigenvalue weighted by Crippen LogP contribution is -2.35. The summed E-state index contributed by atoms with van der Waals surface area (Å²) in [6.45, 7) is 2.50. The van der Waals surface area contributed by atoms with E-state index in [0.29, 0.717) is 6.54 Å². The number of aliphatic hydroxyl groups excluding tert-OH is 1. The van der Waals surface area contributed by atoms with Gasteiger partial charge in [-0.05, 0) is 24.6 Å². The monoisotopic (exact) mass is 338 g/mol. The van der Waals surface area contributed by atoms with Crippen LogP contribution in [-0.2, 0) is 9.59 Å². The molecule has 1 fully saturated rings. The maximum Gasteiger partial charge on any atom is 0.227 e. The Bertz CT molecular complexity index is 743. The number of nitrogens with zero attached hydrogens (tertiary/aromatic N) is 1. The fourth-order valence-corrected chi connectivity index (χ4v) is 2.99. The minimum Gasteiger partial charge on any atom is -0.387 e. The van der Waals surface area contributed by atoms with Crippen LogP contribution in [0.4, 0.5) is 5.69 Å². The fraction of sp³-hybridized carbons (Fsp3) is 0.300. The molecule has 2 aromatic rings. The van der Waals surface area contributed by atoms with Gasteiger partial charge in [-0.1, -0.05) is 48.0 Å². The number of aliphatic hydroxyl groups is 1. The average molecular weight is 338 g/mol. The highest BCUT2D eigenvalue weighted by atomic mass is 16.3. The van der Waals surface area contributed by atoms with Crippen molar-refractivity contribution in [2.24, 2.45) is 5.92 Å². The molecule has 1 aliphatic heterocycles. The zero-order chi connectivity index (χ0) is 17.8. The Morgan fingerprint density at radius 3 is 2.56 bits per heavy atom. The first kappa shape index (κ1) is 17.2. The number of benzene rings is 2. The average Bonchev–Trinajstić information content (AvgIpc) is 3.02. The summed E-state index contributed by atoms with van der Waals surface area (Å²) in [6, 6.07) is 16.9. The normalized spacial score (nSPS) is 18.2. The van der Waals surface area contributed by atoms with Crippen LogP contribution in [0.2, 0.25) is 0 Å². The van der Waals surface area contributed by atoms with E-state index in [-0.39, 0.29) is 24.8 Å². The summed E-state index contributed by atoms with van der Waals surface area (Å²) in [5.74, 6) is -0.637. The van der Waals surface area contributed by atoms with Gasteiger partial charge >= 0.3 is 0 Å². The molecule has 2 aromatic carbocycles. The molecule has 5 heteroatoms. The van der Waals surface area contributed by atoms with Crippen molar-refractivity contribution in [1.82, 2.24) is 5.32 Å². The largest absolute Gasteiger partial charge is 0.387 e. The third-order valence-corrected chi connectivity index (χ3v) is 4.50. The molecule has 1 saturated heterocycles. The first-order valence-corrected chi connectivity index (χ1v) is 8.42. The molecule has 5 nitrogen and oxygen atoms in total. The number of carbonyl (C=O) groups is 2. The van der Waals surface area contributed by atoms with E-state index in [2.05, 4.69) is 5.32 Å². The van der Waals surface area contributed by atoms with Crippen molar-refractivity contribution in [2.75, 3.05) is 18.0 Å². The number of hydrogen-bond acceptors (Lipinski definition) is 3. The molecule has 0 aromatic heterocycles. The van der Waals surface area contributed by atoms with Crippen LogP contribution < -0.4 is 10.2 Å². The van der Waals surface area contributed by atoms with Gasteiger partial charge in [-0.3, -0.25) is 9.59 Å². The van der Waals surface area contributed by atoms with Crippen LogP contribution >= 0.6 is 0 Å². The molecule has 1 aliphatic rings. The van der Waals surface area contributed by atoms with Crippen molar-refractivity contribution in [2.45, 2.75) is 19.4 Å². The van der Waals surface area contributed by atoms with Gasteiger partial charge in [-0.15, -0.1) is 0 Å². The van der Waals surface area contributed by atoms with Crippen LogP contribution in [-0.4, -0.2) is 30.0 Å². The van der Waals surface area contributed by atoms with Gasteiger partial charge in [-0.25, -0.2) is 0 Å². The minimum absolute atomic E-state index is 0.0485. The van der Waals surface area contributed by atoms with E-state index in [0.717, 1.165) is 16.8 Å². The van der Waals surface area contributed by atoms with Gasteiger partial charge in [0.15, 0.2) is 0 Å². The van der Waals surface area contributed by atoms with E-state index in [9.17, 15) is 14.7 Å². The molecule has 3 rings (SSSR count). The van der Waals surface area contributed by atoms with E-state index < -0.39 is 12.0 Å². The predicted molar refractivity (Wildman–Crippen MR) is 96.1 cm³/mol. The second-order valence-corrected chi connectivity index (χ2v) is 6.41. The van der Waals surface area contributed by atoms with Gasteiger partial charge in [0.05, 0.1) is 12.0 Å². The van der Waals surface area contributed by atoms with Gasteiger partial charge < -0.3 is 15.3 Å². The van der Waals surface area contributed by atoms with Gasteiger partial charge in [0.25, 0.3) is 0 Å². The van der Waals surface area contributed by atoms with Crippen LogP contribution in [0.5, 0.6) is 0 Å². The molecular weight excluding hydrogens is 316 g/mol. The van der Waals surface area contributed by atoms with E-state index in [1.165, 1.54) is 0 Å². The van der Waals surface area contributed by atoms with Crippen LogP contribution in [0.1, 0.15) is 23.7 Å². The summed E-state index contributed by atoms with van der Waals surface area (Å²) in [5, 5.41) is 12.9. The minimum atomic E-state index is -0.754. The predicted octanol–water partition coefficient (Wildman–Crippen LogP) is 2.20. The van der Waals surface area contributed by atoms with Crippen LogP contribution in [0.3, 0.4) is 0 Å². The van der Waals surface area contributed by atoms with E-state index in [4.69, 9.17) is 0 Å². The third-order valence-electron chi connectivity index (χ3n) is 4.50. The quantitative estimate of drug-likeness (QED) is 0.878. The molecule has 1 heterocycles. The summed E-state index contributed by atoms with van der Waals surface area (Å²) in [5.41, 5.74) is 2.70. The number of amides is 2. The summed E-state index contributed by atoms with van der Waals surface area (Å²) in [7, 11) is 0. The number of carbonyl (C=O) groups excluding carboxylic acids is 2. The number of anilines is 1. The van der Waals surface area contributed by atoms with E-state index in [1.54, 1.807) is 4.90 Å². The first-order valence-electron chi connectivity index (χ1n) is 8.42. The Morgan fingerprint density at radius 2 is 1.88 bits per heavy atom. The summed E-state index contributed by atoms with van der Waals surface area (Å²) in [6.07, 6.45) is -0.559. The Kier molecular flexibility index (Phi) is 5.14. The van der Waals surface area contributed by atoms with Gasteiger partial charge in [0.1, 0.15) is 0 Å². The zero-order valence-electron chi connectivity index (χ0n) is 14.2. The summed E-state index contributed by atoms with van der Waals surface area (Å²) < 4.78 is 0. The van der Waals surface area contributed by atoms with Crippen molar-refractivity contribution >= 4 is 17.5 Å². The second-order valence-electron chi connectivity index (χ2n) is 6.41. The lowest BCUT2D eigenvalue weighted by atomic mass is 10.1. The maximum atomic E-state index is 12.4. The van der Waals surface area contributed by atoms with Gasteiger partial charge in [0.2, 0.25) is 11.8 Å². The topological polar surface area (TPSA) is 69.6 Å². The summed E-state index contributed by atoms with van der Waals surface area (Å²) in [4.78, 5) is 26.2. The fourth-order valence-electron chi connectivity index (χ4n) is 2.99. The van der Waals surface area contributed by atoms with Crippen LogP contribution in [0, 0.1) is 12.8 Å². The van der Waals surface area contributed by atoms with Gasteiger partial charge in [-0.2, -0.15) is 0 Å². The Balaban J connectivity index is 1.56. The molecule has 0 saturated carbocycles. The molecule has 0 aliphatic carbocycles. The number of nitrogens with one attached hydrogen (secondary N) is 1. The summed E-state index contributed by atoms with van der Waals surface area (Å²) >= 11 is 0. The molecule has 0 bridgehead atoms. The van der Waals surface area contributed by atoms with E-state index in [1.807, 2.05) is 61.5 Å². The second kappa shape index (κ2) is 7.49. The molecule has 2 amide bonds. The Morgan fingerprint density at radius 1 is 1.20 bits per heavy atom. The third kappa shape index (κ3) is 4.06. The maximum absolute atomic E-state index is 12.4. The van der Waals surface area contributed by atoms with Crippen molar-refractivity contribution in [3.63, 3.8) is 0 Å². The Hall–Kier alpha value is -2.66. The smallest absolute Gasteiger partial charge is 0.227 e.